The van der Waals surface area contributed by atoms with Crippen LogP contribution in [0.4, 0.5) is 5.69 Å². The van der Waals surface area contributed by atoms with Gasteiger partial charge in [0.15, 0.2) is 0 Å². The third kappa shape index (κ3) is 3.97. The zero-order valence-electron chi connectivity index (χ0n) is 15.1. The van der Waals surface area contributed by atoms with Crippen molar-refractivity contribution in [2.75, 3.05) is 5.32 Å². The van der Waals surface area contributed by atoms with Crippen molar-refractivity contribution >= 4 is 21.6 Å². The molecule has 0 unspecified atom stereocenters. The number of nitrogens with zero attached hydrogens (tertiary/aromatic N) is 2. The van der Waals surface area contributed by atoms with Gasteiger partial charge in [-0.1, -0.05) is 24.3 Å². The van der Waals surface area contributed by atoms with Crippen LogP contribution in [0.2, 0.25) is 0 Å². The normalized spacial score (nSPS) is 13.8. The second-order valence-corrected chi connectivity index (χ2v) is 8.43. The van der Waals surface area contributed by atoms with E-state index in [1.54, 1.807) is 23.0 Å². The van der Waals surface area contributed by atoms with Crippen molar-refractivity contribution in [3.63, 3.8) is 0 Å². The van der Waals surface area contributed by atoms with Gasteiger partial charge in [-0.3, -0.25) is 9.48 Å². The Morgan fingerprint density at radius 2 is 1.89 bits per heavy atom. The van der Waals surface area contributed by atoms with Crippen molar-refractivity contribution in [3.8, 4) is 0 Å². The van der Waals surface area contributed by atoms with Crippen LogP contribution >= 0.6 is 0 Å². The van der Waals surface area contributed by atoms with Crippen LogP contribution in [0.1, 0.15) is 23.1 Å². The number of amides is 1. The summed E-state index contributed by atoms with van der Waals surface area (Å²) in [5, 5.41) is 6.97. The quantitative estimate of drug-likeness (QED) is 0.669. The highest BCUT2D eigenvalue weighted by Crippen LogP contribution is 2.25. The number of fused-ring (bicyclic) bond motifs is 1. The standard InChI is InChI=1S/C20H20N4O3S/c25-20-9-6-15-12-18(7-8-19(15)23-20)28(26,27)22-13-16-4-1-2-5-17(16)14-24-11-3-10-21-24/h1-5,7-8,10-12,22H,6,9,13-14H2,(H,23,25). The van der Waals surface area contributed by atoms with Crippen molar-refractivity contribution in [3.05, 3.63) is 77.6 Å². The fraction of sp³-hybridized carbons (Fsp3) is 0.200. The third-order valence-electron chi connectivity index (χ3n) is 4.75. The van der Waals surface area contributed by atoms with E-state index in [0.717, 1.165) is 16.7 Å². The summed E-state index contributed by atoms with van der Waals surface area (Å²) in [6.07, 6.45) is 4.48. The van der Waals surface area contributed by atoms with Crippen LogP contribution in [0.25, 0.3) is 0 Å². The number of aryl methyl sites for hydroxylation is 1. The molecular formula is C20H20N4O3S. The lowest BCUT2D eigenvalue weighted by atomic mass is 10.0. The number of aromatic nitrogens is 2. The van der Waals surface area contributed by atoms with Crippen LogP contribution in [-0.2, 0) is 34.3 Å². The molecule has 0 spiro atoms. The van der Waals surface area contributed by atoms with E-state index in [9.17, 15) is 13.2 Å². The molecule has 3 aromatic rings. The van der Waals surface area contributed by atoms with E-state index < -0.39 is 10.0 Å². The molecule has 8 heteroatoms. The molecule has 1 aromatic heterocycles. The summed E-state index contributed by atoms with van der Waals surface area (Å²) in [5.41, 5.74) is 3.41. The molecule has 2 heterocycles. The van der Waals surface area contributed by atoms with Crippen molar-refractivity contribution in [1.82, 2.24) is 14.5 Å². The lowest BCUT2D eigenvalue weighted by molar-refractivity contribution is -0.116. The van der Waals surface area contributed by atoms with Crippen LogP contribution in [0.15, 0.2) is 65.8 Å². The SMILES string of the molecule is O=C1CCc2cc(S(=O)(=O)NCc3ccccc3Cn3cccn3)ccc2N1. The first-order valence-electron chi connectivity index (χ1n) is 8.98. The lowest BCUT2D eigenvalue weighted by Crippen LogP contribution is -2.25. The van der Waals surface area contributed by atoms with E-state index in [1.165, 1.54) is 6.07 Å². The molecule has 0 bridgehead atoms. The van der Waals surface area contributed by atoms with Crippen molar-refractivity contribution in [1.29, 1.82) is 0 Å². The lowest BCUT2D eigenvalue weighted by Gasteiger charge is -2.18. The fourth-order valence-corrected chi connectivity index (χ4v) is 4.29. The van der Waals surface area contributed by atoms with Crippen LogP contribution < -0.4 is 10.0 Å². The number of hydrogen-bond donors (Lipinski definition) is 2. The van der Waals surface area contributed by atoms with Gasteiger partial charge in [0.1, 0.15) is 0 Å². The number of sulfonamides is 1. The van der Waals surface area contributed by atoms with Crippen LogP contribution in [0, 0.1) is 0 Å². The van der Waals surface area contributed by atoms with Gasteiger partial charge in [-0.05, 0) is 47.4 Å². The topological polar surface area (TPSA) is 93.1 Å². The molecule has 0 fully saturated rings. The van der Waals surface area contributed by atoms with E-state index in [4.69, 9.17) is 0 Å². The van der Waals surface area contributed by atoms with Gasteiger partial charge in [-0.25, -0.2) is 13.1 Å². The molecule has 7 nitrogen and oxygen atoms in total. The molecule has 2 N–H and O–H groups in total. The summed E-state index contributed by atoms with van der Waals surface area (Å²) in [6, 6.07) is 14.3. The van der Waals surface area contributed by atoms with Gasteiger partial charge in [-0.15, -0.1) is 0 Å². The number of rotatable bonds is 6. The molecule has 28 heavy (non-hydrogen) atoms. The summed E-state index contributed by atoms with van der Waals surface area (Å²) < 4.78 is 30.0. The molecule has 0 radical (unpaired) electrons. The van der Waals surface area contributed by atoms with E-state index in [0.29, 0.717) is 25.1 Å². The predicted octanol–water partition coefficient (Wildman–Crippen LogP) is 2.29. The summed E-state index contributed by atoms with van der Waals surface area (Å²) in [5.74, 6) is -0.0463. The Morgan fingerprint density at radius 3 is 2.68 bits per heavy atom. The average molecular weight is 396 g/mol. The first-order chi connectivity index (χ1) is 13.5. The Bertz CT molecular complexity index is 1110. The number of hydrogen-bond acceptors (Lipinski definition) is 4. The second kappa shape index (κ2) is 7.57. The molecule has 1 aliphatic rings. The molecule has 0 saturated carbocycles. The molecule has 1 aliphatic heterocycles. The van der Waals surface area contributed by atoms with E-state index in [2.05, 4.69) is 15.1 Å². The zero-order valence-corrected chi connectivity index (χ0v) is 15.9. The van der Waals surface area contributed by atoms with Gasteiger partial charge in [-0.2, -0.15) is 5.10 Å². The van der Waals surface area contributed by atoms with Gasteiger partial charge in [0.25, 0.3) is 0 Å². The maximum Gasteiger partial charge on any atom is 0.240 e. The summed E-state index contributed by atoms with van der Waals surface area (Å²) in [6.45, 7) is 0.761. The smallest absolute Gasteiger partial charge is 0.240 e. The molecule has 1 amide bonds. The van der Waals surface area contributed by atoms with Crippen LogP contribution in [-0.4, -0.2) is 24.1 Å². The zero-order chi connectivity index (χ0) is 19.6. The number of carbonyl (C=O) groups is 1. The molecule has 2 aromatic carbocycles. The molecule has 144 valence electrons. The summed E-state index contributed by atoms with van der Waals surface area (Å²) >= 11 is 0. The highest BCUT2D eigenvalue weighted by atomic mass is 32.2. The Balaban J connectivity index is 1.51. The van der Waals surface area contributed by atoms with Crippen LogP contribution in [0.5, 0.6) is 0 Å². The van der Waals surface area contributed by atoms with E-state index in [-0.39, 0.29) is 17.3 Å². The van der Waals surface area contributed by atoms with Gasteiger partial charge in [0, 0.05) is 31.0 Å². The minimum absolute atomic E-state index is 0.0463. The average Bonchev–Trinajstić information content (AvgIpc) is 3.20. The van der Waals surface area contributed by atoms with Crippen molar-refractivity contribution < 1.29 is 13.2 Å². The first kappa shape index (κ1) is 18.4. The largest absolute Gasteiger partial charge is 0.326 e. The monoisotopic (exact) mass is 396 g/mol. The number of nitrogens with one attached hydrogen (secondary N) is 2. The fourth-order valence-electron chi connectivity index (χ4n) is 3.24. The second-order valence-electron chi connectivity index (χ2n) is 6.66. The molecule has 4 rings (SSSR count). The summed E-state index contributed by atoms with van der Waals surface area (Å²) in [7, 11) is -3.67. The summed E-state index contributed by atoms with van der Waals surface area (Å²) in [4.78, 5) is 11.7. The minimum atomic E-state index is -3.67. The Labute approximate surface area is 163 Å². The highest BCUT2D eigenvalue weighted by Gasteiger charge is 2.20. The van der Waals surface area contributed by atoms with Gasteiger partial charge < -0.3 is 5.32 Å². The number of carbonyl (C=O) groups excluding carboxylic acids is 1. The van der Waals surface area contributed by atoms with Crippen molar-refractivity contribution in [2.24, 2.45) is 0 Å². The number of benzene rings is 2. The van der Waals surface area contributed by atoms with E-state index >= 15 is 0 Å². The number of anilines is 1. The Hall–Kier alpha value is -2.97. The molecule has 0 atom stereocenters. The Kier molecular flexibility index (Phi) is 4.97. The molecule has 0 saturated heterocycles. The molecular weight excluding hydrogens is 376 g/mol. The predicted molar refractivity (Wildman–Crippen MR) is 105 cm³/mol. The highest BCUT2D eigenvalue weighted by molar-refractivity contribution is 7.89. The van der Waals surface area contributed by atoms with Crippen molar-refractivity contribution in [2.45, 2.75) is 30.8 Å². The first-order valence-corrected chi connectivity index (χ1v) is 10.5. The minimum Gasteiger partial charge on any atom is -0.326 e. The maximum absolute atomic E-state index is 12.8. The van der Waals surface area contributed by atoms with Gasteiger partial charge in [0.2, 0.25) is 15.9 Å². The molecule has 0 aliphatic carbocycles. The Morgan fingerprint density at radius 1 is 1.07 bits per heavy atom. The van der Waals surface area contributed by atoms with Gasteiger partial charge in [0.05, 0.1) is 11.4 Å². The van der Waals surface area contributed by atoms with Crippen LogP contribution in [0.3, 0.4) is 0 Å². The third-order valence-corrected chi connectivity index (χ3v) is 6.14. The maximum atomic E-state index is 12.8. The van der Waals surface area contributed by atoms with E-state index in [1.807, 2.05) is 36.5 Å². The van der Waals surface area contributed by atoms with Gasteiger partial charge >= 0.3 is 0 Å².